The largest absolute Gasteiger partial charge is 0.457 e. The molecule has 4 rings (SSSR count). The number of aromatic nitrogens is 1. The lowest BCUT2D eigenvalue weighted by atomic mass is 10.1. The molecule has 1 fully saturated rings. The van der Waals surface area contributed by atoms with E-state index < -0.39 is 11.9 Å². The van der Waals surface area contributed by atoms with Crippen molar-refractivity contribution in [3.05, 3.63) is 94.3 Å². The molecule has 1 aliphatic rings. The quantitative estimate of drug-likeness (QED) is 0.341. The van der Waals surface area contributed by atoms with Crippen LogP contribution in [0.5, 0.6) is 0 Å². The topological polar surface area (TPSA) is 68.6 Å². The third kappa shape index (κ3) is 5.88. The first-order valence-corrected chi connectivity index (χ1v) is 12.1. The summed E-state index contributed by atoms with van der Waals surface area (Å²) in [6, 6.07) is 20.1. The van der Waals surface area contributed by atoms with Gasteiger partial charge in [-0.2, -0.15) is 0 Å². The Balaban J connectivity index is 1.31. The number of nitrogens with zero attached hydrogens (tertiary/aromatic N) is 2. The summed E-state index contributed by atoms with van der Waals surface area (Å²) in [7, 11) is 0. The zero-order valence-electron chi connectivity index (χ0n) is 20.6. The summed E-state index contributed by atoms with van der Waals surface area (Å²) < 4.78 is 7.49. The predicted octanol–water partition coefficient (Wildman–Crippen LogP) is 4.43. The number of aryl methyl sites for hydroxylation is 3. The minimum Gasteiger partial charge on any atom is -0.457 e. The number of carbonyl (C=O) groups is 3. The van der Waals surface area contributed by atoms with Crippen LogP contribution in [0.25, 0.3) is 0 Å². The van der Waals surface area contributed by atoms with Gasteiger partial charge in [-0.15, -0.1) is 0 Å². The van der Waals surface area contributed by atoms with Crippen molar-refractivity contribution >= 4 is 17.7 Å². The van der Waals surface area contributed by atoms with Gasteiger partial charge >= 0.3 is 5.97 Å². The number of carbonyl (C=O) groups excluding carboxylic acids is 3. The van der Waals surface area contributed by atoms with Crippen LogP contribution in [-0.4, -0.2) is 40.3 Å². The molecule has 1 saturated heterocycles. The number of amides is 1. The van der Waals surface area contributed by atoms with E-state index in [9.17, 15) is 14.4 Å². The summed E-state index contributed by atoms with van der Waals surface area (Å²) in [5.74, 6) is -1.32. The van der Waals surface area contributed by atoms with Crippen LogP contribution in [-0.2, 0) is 33.8 Å². The van der Waals surface area contributed by atoms with Crippen molar-refractivity contribution in [2.45, 2.75) is 46.7 Å². The molecule has 0 aliphatic carbocycles. The van der Waals surface area contributed by atoms with E-state index in [1.165, 1.54) is 5.56 Å². The van der Waals surface area contributed by atoms with Gasteiger partial charge in [0.05, 0.1) is 5.92 Å². The molecular weight excluding hydrogens is 440 g/mol. The van der Waals surface area contributed by atoms with Gasteiger partial charge in [0, 0.05) is 43.0 Å². The van der Waals surface area contributed by atoms with Crippen molar-refractivity contribution in [1.29, 1.82) is 0 Å². The maximum atomic E-state index is 12.9. The summed E-state index contributed by atoms with van der Waals surface area (Å²) in [5.41, 5.74) is 5.87. The lowest BCUT2D eigenvalue weighted by molar-refractivity contribution is -0.147. The van der Waals surface area contributed by atoms with Crippen molar-refractivity contribution in [3.8, 4) is 0 Å². The highest BCUT2D eigenvalue weighted by molar-refractivity contribution is 5.99. The maximum absolute atomic E-state index is 12.9. The molecular formula is C29H32N2O4. The maximum Gasteiger partial charge on any atom is 0.311 e. The first-order valence-electron chi connectivity index (χ1n) is 12.1. The highest BCUT2D eigenvalue weighted by Gasteiger charge is 2.35. The van der Waals surface area contributed by atoms with Gasteiger partial charge in [0.25, 0.3) is 0 Å². The zero-order valence-corrected chi connectivity index (χ0v) is 20.6. The van der Waals surface area contributed by atoms with Crippen LogP contribution in [0.4, 0.5) is 0 Å². The summed E-state index contributed by atoms with van der Waals surface area (Å²) in [4.78, 5) is 39.6. The van der Waals surface area contributed by atoms with E-state index >= 15 is 0 Å². The number of rotatable bonds is 9. The number of hydrogen-bond donors (Lipinski definition) is 0. The van der Waals surface area contributed by atoms with Crippen molar-refractivity contribution in [1.82, 2.24) is 9.47 Å². The number of ketones is 1. The van der Waals surface area contributed by atoms with Crippen molar-refractivity contribution in [3.63, 3.8) is 0 Å². The highest BCUT2D eigenvalue weighted by Crippen LogP contribution is 2.22. The number of hydrogen-bond acceptors (Lipinski definition) is 4. The SMILES string of the molecule is Cc1ccc(CN2C[C@@H](C(=O)OCC(=O)c3cc(C)n(CCc4ccccc4)c3C)CC2=O)cc1. The lowest BCUT2D eigenvalue weighted by Gasteiger charge is -2.16. The molecule has 1 aromatic heterocycles. The molecule has 1 atom stereocenters. The average molecular weight is 473 g/mol. The first kappa shape index (κ1) is 24.5. The van der Waals surface area contributed by atoms with Gasteiger partial charge < -0.3 is 14.2 Å². The van der Waals surface area contributed by atoms with Gasteiger partial charge in [-0.25, -0.2) is 0 Å². The predicted molar refractivity (Wildman–Crippen MR) is 134 cm³/mol. The van der Waals surface area contributed by atoms with Crippen molar-refractivity contribution < 1.29 is 19.1 Å². The van der Waals surface area contributed by atoms with E-state index in [-0.39, 0.29) is 24.7 Å². The van der Waals surface area contributed by atoms with Gasteiger partial charge in [0.1, 0.15) is 0 Å². The van der Waals surface area contributed by atoms with Crippen LogP contribution in [0, 0.1) is 26.7 Å². The number of ether oxygens (including phenoxy) is 1. The zero-order chi connectivity index (χ0) is 24.9. The Kier molecular flexibility index (Phi) is 7.49. The van der Waals surface area contributed by atoms with E-state index in [4.69, 9.17) is 4.74 Å². The first-order chi connectivity index (χ1) is 16.8. The van der Waals surface area contributed by atoms with Gasteiger partial charge in [-0.3, -0.25) is 14.4 Å². The monoisotopic (exact) mass is 472 g/mol. The number of benzene rings is 2. The van der Waals surface area contributed by atoms with Crippen LogP contribution in [0.2, 0.25) is 0 Å². The third-order valence-corrected chi connectivity index (χ3v) is 6.73. The molecule has 35 heavy (non-hydrogen) atoms. The summed E-state index contributed by atoms with van der Waals surface area (Å²) >= 11 is 0. The fourth-order valence-electron chi connectivity index (χ4n) is 4.64. The number of likely N-dealkylation sites (tertiary alicyclic amines) is 1. The third-order valence-electron chi connectivity index (χ3n) is 6.73. The summed E-state index contributed by atoms with van der Waals surface area (Å²) in [6.07, 6.45) is 0.988. The molecule has 0 radical (unpaired) electrons. The standard InChI is InChI=1S/C29H32N2O4/c1-20-9-11-24(12-10-20)17-30-18-25(16-28(30)33)29(34)35-19-27(32)26-15-21(2)31(22(26)3)14-13-23-7-5-4-6-8-23/h4-12,15,25H,13-14,16-19H2,1-3H3/t25-/m0/s1. The second-order valence-electron chi connectivity index (χ2n) is 9.36. The molecule has 0 N–H and O–H groups in total. The molecule has 0 saturated carbocycles. The van der Waals surface area contributed by atoms with E-state index in [1.807, 2.05) is 69.3 Å². The lowest BCUT2D eigenvalue weighted by Crippen LogP contribution is -2.27. The molecule has 6 nitrogen and oxygen atoms in total. The van der Waals surface area contributed by atoms with E-state index in [2.05, 4.69) is 16.7 Å². The Morgan fingerprint density at radius 2 is 1.69 bits per heavy atom. The van der Waals surface area contributed by atoms with Crippen LogP contribution in [0.1, 0.15) is 44.9 Å². The molecule has 6 heteroatoms. The number of esters is 1. The Morgan fingerprint density at radius 1 is 0.971 bits per heavy atom. The molecule has 3 aromatic rings. The van der Waals surface area contributed by atoms with Crippen LogP contribution < -0.4 is 0 Å². The van der Waals surface area contributed by atoms with Gasteiger partial charge in [-0.1, -0.05) is 60.2 Å². The van der Waals surface area contributed by atoms with Crippen LogP contribution in [0.3, 0.4) is 0 Å². The fraction of sp³-hybridized carbons (Fsp3) is 0.345. The average Bonchev–Trinajstić information content (AvgIpc) is 3.36. The molecule has 0 spiro atoms. The molecule has 1 amide bonds. The molecule has 182 valence electrons. The molecule has 1 aliphatic heterocycles. The van der Waals surface area contributed by atoms with Gasteiger partial charge in [0.2, 0.25) is 11.7 Å². The van der Waals surface area contributed by atoms with Crippen molar-refractivity contribution in [2.75, 3.05) is 13.2 Å². The summed E-state index contributed by atoms with van der Waals surface area (Å²) in [5, 5.41) is 0. The normalized spacial score (nSPS) is 15.5. The molecule has 0 unspecified atom stereocenters. The van der Waals surface area contributed by atoms with E-state index in [0.717, 1.165) is 35.5 Å². The Hall–Kier alpha value is -3.67. The fourth-order valence-corrected chi connectivity index (χ4v) is 4.64. The van der Waals surface area contributed by atoms with Crippen LogP contribution in [0.15, 0.2) is 60.7 Å². The second-order valence-corrected chi connectivity index (χ2v) is 9.36. The Morgan fingerprint density at radius 3 is 2.40 bits per heavy atom. The van der Waals surface area contributed by atoms with Gasteiger partial charge in [0.15, 0.2) is 6.61 Å². The smallest absolute Gasteiger partial charge is 0.311 e. The highest BCUT2D eigenvalue weighted by atomic mass is 16.5. The van der Waals surface area contributed by atoms with Crippen LogP contribution >= 0.6 is 0 Å². The molecule has 0 bridgehead atoms. The van der Waals surface area contributed by atoms with E-state index in [1.54, 1.807) is 4.90 Å². The van der Waals surface area contributed by atoms with Crippen molar-refractivity contribution in [2.24, 2.45) is 5.92 Å². The van der Waals surface area contributed by atoms with Gasteiger partial charge in [-0.05, 0) is 44.4 Å². The summed E-state index contributed by atoms with van der Waals surface area (Å²) in [6.45, 7) is 7.16. The minimum absolute atomic E-state index is 0.0687. The molecule has 2 heterocycles. The Bertz CT molecular complexity index is 1210. The minimum atomic E-state index is -0.543. The van der Waals surface area contributed by atoms with E-state index in [0.29, 0.717) is 18.7 Å². The second kappa shape index (κ2) is 10.7. The Labute approximate surface area is 206 Å². The number of Topliss-reactive ketones (excluding diaryl/α,β-unsaturated/α-hetero) is 1. The molecule has 2 aromatic carbocycles.